The smallest absolute Gasteiger partial charge is 0.321 e. The molecule has 2 N–H and O–H groups in total. The van der Waals surface area contributed by atoms with E-state index in [1.807, 2.05) is 0 Å². The quantitative estimate of drug-likeness (QED) is 0.533. The zero-order valence-electron chi connectivity index (χ0n) is 16.8. The Bertz CT molecular complexity index is 816. The number of ether oxygens (including phenoxy) is 1. The van der Waals surface area contributed by atoms with E-state index in [0.29, 0.717) is 18.4 Å². The van der Waals surface area contributed by atoms with E-state index < -0.39 is 24.0 Å². The molecule has 9 nitrogen and oxygen atoms in total. The SMILES string of the molecule is CNC(=O)NC(=O)[C@H](OC(=O)CCN1C(=O)[C@H]2CCCC[C@@H]2C1=O)c1ccccc1. The summed E-state index contributed by atoms with van der Waals surface area (Å²) < 4.78 is 5.31. The lowest BCUT2D eigenvalue weighted by Gasteiger charge is -2.19. The second-order valence-electron chi connectivity index (χ2n) is 7.42. The summed E-state index contributed by atoms with van der Waals surface area (Å²) in [6.07, 6.45) is 1.69. The molecule has 1 aromatic rings. The van der Waals surface area contributed by atoms with Gasteiger partial charge in [0.1, 0.15) is 0 Å². The molecule has 0 bridgehead atoms. The van der Waals surface area contributed by atoms with Crippen LogP contribution in [0, 0.1) is 11.8 Å². The highest BCUT2D eigenvalue weighted by Crippen LogP contribution is 2.38. The van der Waals surface area contributed by atoms with Crippen molar-refractivity contribution in [2.45, 2.75) is 38.2 Å². The fourth-order valence-corrected chi connectivity index (χ4v) is 3.99. The van der Waals surface area contributed by atoms with E-state index in [0.717, 1.165) is 17.7 Å². The average molecular weight is 415 g/mol. The van der Waals surface area contributed by atoms with Crippen LogP contribution >= 0.6 is 0 Å². The molecule has 30 heavy (non-hydrogen) atoms. The Kier molecular flexibility index (Phi) is 6.81. The number of nitrogens with zero attached hydrogens (tertiary/aromatic N) is 1. The van der Waals surface area contributed by atoms with Crippen LogP contribution in [0.2, 0.25) is 0 Å². The number of nitrogens with one attached hydrogen (secondary N) is 2. The van der Waals surface area contributed by atoms with Gasteiger partial charge in [0, 0.05) is 19.2 Å². The summed E-state index contributed by atoms with van der Waals surface area (Å²) in [4.78, 5) is 62.5. The molecule has 0 spiro atoms. The van der Waals surface area contributed by atoms with Crippen molar-refractivity contribution < 1.29 is 28.7 Å². The molecule has 1 heterocycles. The third-order valence-corrected chi connectivity index (χ3v) is 5.53. The van der Waals surface area contributed by atoms with Crippen molar-refractivity contribution in [3.63, 3.8) is 0 Å². The van der Waals surface area contributed by atoms with Crippen LogP contribution in [0.25, 0.3) is 0 Å². The lowest BCUT2D eigenvalue weighted by molar-refractivity contribution is -0.157. The third kappa shape index (κ3) is 4.67. The molecule has 2 fully saturated rings. The summed E-state index contributed by atoms with van der Waals surface area (Å²) in [7, 11) is 1.35. The van der Waals surface area contributed by atoms with Crippen LogP contribution in [0.4, 0.5) is 4.79 Å². The minimum atomic E-state index is -1.33. The second kappa shape index (κ2) is 9.51. The van der Waals surface area contributed by atoms with E-state index in [1.165, 1.54) is 7.05 Å². The van der Waals surface area contributed by atoms with Gasteiger partial charge in [-0.3, -0.25) is 29.4 Å². The summed E-state index contributed by atoms with van der Waals surface area (Å²) in [6, 6.07) is 7.55. The van der Waals surface area contributed by atoms with Gasteiger partial charge in [-0.15, -0.1) is 0 Å². The molecule has 0 radical (unpaired) electrons. The van der Waals surface area contributed by atoms with Crippen LogP contribution in [0.15, 0.2) is 30.3 Å². The van der Waals surface area contributed by atoms with Gasteiger partial charge in [0.25, 0.3) is 5.91 Å². The fraction of sp³-hybridized carbons (Fsp3) is 0.476. The third-order valence-electron chi connectivity index (χ3n) is 5.53. The molecule has 3 rings (SSSR count). The summed E-state index contributed by atoms with van der Waals surface area (Å²) >= 11 is 0. The molecule has 1 aliphatic heterocycles. The number of urea groups is 1. The Labute approximate surface area is 174 Å². The molecular formula is C21H25N3O6. The molecule has 0 aromatic heterocycles. The van der Waals surface area contributed by atoms with Gasteiger partial charge in [-0.2, -0.15) is 0 Å². The van der Waals surface area contributed by atoms with Crippen molar-refractivity contribution in [3.8, 4) is 0 Å². The molecule has 3 atom stereocenters. The first-order chi connectivity index (χ1) is 14.4. The molecule has 160 valence electrons. The number of hydrogen-bond donors (Lipinski definition) is 2. The number of fused-ring (bicyclic) bond motifs is 1. The van der Waals surface area contributed by atoms with Crippen LogP contribution in [-0.2, 0) is 23.9 Å². The van der Waals surface area contributed by atoms with Crippen LogP contribution < -0.4 is 10.6 Å². The average Bonchev–Trinajstić information content (AvgIpc) is 3.01. The summed E-state index contributed by atoms with van der Waals surface area (Å²) in [5.74, 6) is -2.56. The zero-order chi connectivity index (χ0) is 21.7. The summed E-state index contributed by atoms with van der Waals surface area (Å²) in [5.41, 5.74) is 0.395. The maximum Gasteiger partial charge on any atom is 0.321 e. The highest BCUT2D eigenvalue weighted by Gasteiger charge is 2.47. The normalized spacial score (nSPS) is 21.6. The first-order valence-electron chi connectivity index (χ1n) is 10.0. The van der Waals surface area contributed by atoms with Gasteiger partial charge in [-0.1, -0.05) is 43.2 Å². The standard InChI is InChI=1S/C21H25N3O6/c1-22-21(29)23-18(26)17(13-7-3-2-4-8-13)30-16(25)11-12-24-19(27)14-9-5-6-10-15(14)20(24)28/h2-4,7-8,14-15,17H,5-6,9-12H2,1H3,(H2,22,23,26,29)/t14-,15-,17+/m0/s1. The van der Waals surface area contributed by atoms with Crippen molar-refractivity contribution in [3.05, 3.63) is 35.9 Å². The fourth-order valence-electron chi connectivity index (χ4n) is 3.99. The topological polar surface area (TPSA) is 122 Å². The number of rotatable bonds is 6. The molecule has 1 saturated heterocycles. The number of carbonyl (C=O) groups excluding carboxylic acids is 5. The number of carbonyl (C=O) groups is 5. The lowest BCUT2D eigenvalue weighted by Crippen LogP contribution is -2.41. The van der Waals surface area contributed by atoms with E-state index in [-0.39, 0.29) is 36.6 Å². The Morgan fingerprint density at radius 2 is 1.67 bits per heavy atom. The Hall–Kier alpha value is -3.23. The maximum absolute atomic E-state index is 12.5. The van der Waals surface area contributed by atoms with Gasteiger partial charge < -0.3 is 10.1 Å². The van der Waals surface area contributed by atoms with Crippen molar-refractivity contribution in [1.82, 2.24) is 15.5 Å². The molecule has 1 aromatic carbocycles. The monoisotopic (exact) mass is 415 g/mol. The number of imide groups is 2. The van der Waals surface area contributed by atoms with Crippen molar-refractivity contribution in [2.24, 2.45) is 11.8 Å². The van der Waals surface area contributed by atoms with Crippen LogP contribution in [0.3, 0.4) is 0 Å². The number of benzene rings is 1. The lowest BCUT2D eigenvalue weighted by atomic mass is 9.81. The largest absolute Gasteiger partial charge is 0.447 e. The molecule has 9 heteroatoms. The van der Waals surface area contributed by atoms with Crippen molar-refractivity contribution in [1.29, 1.82) is 0 Å². The zero-order valence-corrected chi connectivity index (χ0v) is 16.8. The van der Waals surface area contributed by atoms with Crippen LogP contribution in [-0.4, -0.2) is 48.2 Å². The predicted molar refractivity (Wildman–Crippen MR) is 105 cm³/mol. The van der Waals surface area contributed by atoms with Gasteiger partial charge >= 0.3 is 12.0 Å². The molecule has 5 amide bonds. The van der Waals surface area contributed by atoms with E-state index in [2.05, 4.69) is 10.6 Å². The summed E-state index contributed by atoms with van der Waals surface area (Å²) in [5, 5.41) is 4.35. The van der Waals surface area contributed by atoms with Gasteiger partial charge in [-0.25, -0.2) is 4.79 Å². The van der Waals surface area contributed by atoms with E-state index in [9.17, 15) is 24.0 Å². The Balaban J connectivity index is 1.63. The van der Waals surface area contributed by atoms with E-state index >= 15 is 0 Å². The van der Waals surface area contributed by atoms with Gasteiger partial charge in [-0.05, 0) is 12.8 Å². The molecule has 1 aliphatic carbocycles. The maximum atomic E-state index is 12.5. The van der Waals surface area contributed by atoms with Gasteiger partial charge in [0.05, 0.1) is 18.3 Å². The van der Waals surface area contributed by atoms with Gasteiger partial charge in [0.15, 0.2) is 0 Å². The van der Waals surface area contributed by atoms with Gasteiger partial charge in [0.2, 0.25) is 17.9 Å². The highest BCUT2D eigenvalue weighted by atomic mass is 16.5. The molecular weight excluding hydrogens is 390 g/mol. The molecule has 1 saturated carbocycles. The van der Waals surface area contributed by atoms with Crippen molar-refractivity contribution >= 4 is 29.7 Å². The summed E-state index contributed by atoms with van der Waals surface area (Å²) in [6.45, 7) is -0.0813. The second-order valence-corrected chi connectivity index (χ2v) is 7.42. The van der Waals surface area contributed by atoms with Crippen LogP contribution in [0.1, 0.15) is 43.8 Å². The highest BCUT2D eigenvalue weighted by molar-refractivity contribution is 6.05. The van der Waals surface area contributed by atoms with E-state index in [1.54, 1.807) is 30.3 Å². The van der Waals surface area contributed by atoms with Crippen molar-refractivity contribution in [2.75, 3.05) is 13.6 Å². The number of amides is 5. The first kappa shape index (κ1) is 21.5. The molecule has 2 aliphatic rings. The van der Waals surface area contributed by atoms with E-state index in [4.69, 9.17) is 4.74 Å². The number of esters is 1. The predicted octanol–water partition coefficient (Wildman–Crippen LogP) is 1.29. The minimum absolute atomic E-state index is 0.0813. The first-order valence-corrected chi connectivity index (χ1v) is 10.0. The minimum Gasteiger partial charge on any atom is -0.447 e. The molecule has 0 unspecified atom stereocenters. The number of hydrogen-bond acceptors (Lipinski definition) is 6. The Morgan fingerprint density at radius 1 is 1.07 bits per heavy atom. The van der Waals surface area contributed by atoms with Crippen LogP contribution in [0.5, 0.6) is 0 Å². The Morgan fingerprint density at radius 3 is 2.23 bits per heavy atom. The number of likely N-dealkylation sites (tertiary alicyclic amines) is 1.